The van der Waals surface area contributed by atoms with Gasteiger partial charge in [-0.05, 0) is 29.1 Å². The van der Waals surface area contributed by atoms with E-state index in [1.165, 1.54) is 0 Å². The standard InChI is InChI=1S/C10H15N5O3/c11-7(16)5-6-1-3-15(4-2-6)10(17)8-9(12)14-18-13-8/h6H,1-5H2,(H2,11,16)(H2,12,14). The van der Waals surface area contributed by atoms with Crippen molar-refractivity contribution >= 4 is 17.6 Å². The maximum absolute atomic E-state index is 12.0. The number of likely N-dealkylation sites (tertiary alicyclic amines) is 1. The summed E-state index contributed by atoms with van der Waals surface area (Å²) in [4.78, 5) is 24.4. The average molecular weight is 253 g/mol. The van der Waals surface area contributed by atoms with Gasteiger partial charge in [-0.25, -0.2) is 4.63 Å². The van der Waals surface area contributed by atoms with Crippen LogP contribution in [0.5, 0.6) is 0 Å². The summed E-state index contributed by atoms with van der Waals surface area (Å²) in [6.07, 6.45) is 1.87. The van der Waals surface area contributed by atoms with Crippen LogP contribution < -0.4 is 11.5 Å². The number of piperidine rings is 1. The van der Waals surface area contributed by atoms with Gasteiger partial charge in [0.1, 0.15) is 0 Å². The fourth-order valence-corrected chi connectivity index (χ4v) is 2.12. The topological polar surface area (TPSA) is 128 Å². The van der Waals surface area contributed by atoms with Crippen molar-refractivity contribution in [1.82, 2.24) is 15.2 Å². The molecule has 0 unspecified atom stereocenters. The van der Waals surface area contributed by atoms with Crippen molar-refractivity contribution in [2.75, 3.05) is 18.8 Å². The summed E-state index contributed by atoms with van der Waals surface area (Å²) in [6.45, 7) is 1.12. The predicted octanol–water partition coefficient (Wildman–Crippen LogP) is -0.621. The molecule has 2 rings (SSSR count). The first-order chi connectivity index (χ1) is 8.58. The Morgan fingerprint density at radius 2 is 2.00 bits per heavy atom. The molecule has 1 fully saturated rings. The van der Waals surface area contributed by atoms with Crippen molar-refractivity contribution in [3.05, 3.63) is 5.69 Å². The fourth-order valence-electron chi connectivity index (χ4n) is 2.12. The molecule has 1 aliphatic rings. The van der Waals surface area contributed by atoms with Crippen LogP contribution in [0.4, 0.5) is 5.82 Å². The quantitative estimate of drug-likeness (QED) is 0.738. The maximum atomic E-state index is 12.0. The van der Waals surface area contributed by atoms with Crippen molar-refractivity contribution in [1.29, 1.82) is 0 Å². The van der Waals surface area contributed by atoms with Crippen LogP contribution in [-0.4, -0.2) is 40.1 Å². The molecule has 1 aromatic heterocycles. The number of carbonyl (C=O) groups is 2. The molecule has 0 spiro atoms. The van der Waals surface area contributed by atoms with E-state index in [4.69, 9.17) is 11.5 Å². The number of hydrogen-bond acceptors (Lipinski definition) is 6. The molecule has 4 N–H and O–H groups in total. The molecular weight excluding hydrogens is 238 g/mol. The van der Waals surface area contributed by atoms with Crippen molar-refractivity contribution in [2.24, 2.45) is 11.7 Å². The summed E-state index contributed by atoms with van der Waals surface area (Å²) in [6, 6.07) is 0. The van der Waals surface area contributed by atoms with Crippen LogP contribution in [0.25, 0.3) is 0 Å². The number of primary amides is 1. The molecule has 2 heterocycles. The molecule has 8 heteroatoms. The number of nitrogens with two attached hydrogens (primary N) is 2. The van der Waals surface area contributed by atoms with Crippen LogP contribution in [0.3, 0.4) is 0 Å². The van der Waals surface area contributed by atoms with Crippen LogP contribution in [0.15, 0.2) is 4.63 Å². The summed E-state index contributed by atoms with van der Waals surface area (Å²) in [7, 11) is 0. The largest absolute Gasteiger partial charge is 0.379 e. The smallest absolute Gasteiger partial charge is 0.280 e. The van der Waals surface area contributed by atoms with Gasteiger partial charge in [-0.15, -0.1) is 0 Å². The summed E-state index contributed by atoms with van der Waals surface area (Å²) < 4.78 is 4.40. The van der Waals surface area contributed by atoms with Gasteiger partial charge in [0.05, 0.1) is 0 Å². The number of rotatable bonds is 3. The Balaban J connectivity index is 1.92. The zero-order valence-corrected chi connectivity index (χ0v) is 9.83. The number of nitrogen functional groups attached to an aromatic ring is 1. The highest BCUT2D eigenvalue weighted by molar-refractivity contribution is 5.96. The van der Waals surface area contributed by atoms with Crippen LogP contribution in [0, 0.1) is 5.92 Å². The van der Waals surface area contributed by atoms with Crippen molar-refractivity contribution < 1.29 is 14.2 Å². The van der Waals surface area contributed by atoms with E-state index in [9.17, 15) is 9.59 Å². The van der Waals surface area contributed by atoms with Gasteiger partial charge in [0.2, 0.25) is 17.4 Å². The Labute approximate surface area is 103 Å². The second-order valence-corrected chi connectivity index (χ2v) is 4.40. The SMILES string of the molecule is NC(=O)CC1CCN(C(=O)c2nonc2N)CC1. The number of anilines is 1. The minimum atomic E-state index is -0.301. The Kier molecular flexibility index (Phi) is 3.45. The van der Waals surface area contributed by atoms with E-state index in [-0.39, 0.29) is 29.2 Å². The monoisotopic (exact) mass is 253 g/mol. The molecule has 1 saturated heterocycles. The highest BCUT2D eigenvalue weighted by atomic mass is 16.6. The van der Waals surface area contributed by atoms with Crippen molar-refractivity contribution in [2.45, 2.75) is 19.3 Å². The molecule has 0 aromatic carbocycles. The van der Waals surface area contributed by atoms with Gasteiger partial charge in [0.25, 0.3) is 5.91 Å². The molecule has 1 aromatic rings. The predicted molar refractivity (Wildman–Crippen MR) is 61.1 cm³/mol. The molecule has 0 radical (unpaired) electrons. The Bertz CT molecular complexity index is 450. The number of amides is 2. The van der Waals surface area contributed by atoms with Crippen LogP contribution in [-0.2, 0) is 4.79 Å². The molecule has 8 nitrogen and oxygen atoms in total. The Hall–Kier alpha value is -2.12. The van der Waals surface area contributed by atoms with E-state index >= 15 is 0 Å². The van der Waals surface area contributed by atoms with Crippen LogP contribution in [0.1, 0.15) is 29.8 Å². The van der Waals surface area contributed by atoms with Crippen LogP contribution >= 0.6 is 0 Å². The Morgan fingerprint density at radius 3 is 2.50 bits per heavy atom. The van der Waals surface area contributed by atoms with Gasteiger partial charge in [0.15, 0.2) is 0 Å². The maximum Gasteiger partial charge on any atom is 0.280 e. The van der Waals surface area contributed by atoms with E-state index in [0.717, 1.165) is 12.8 Å². The average Bonchev–Trinajstić information content (AvgIpc) is 2.75. The number of aromatic nitrogens is 2. The normalized spacial score (nSPS) is 16.8. The summed E-state index contributed by atoms with van der Waals surface area (Å²) >= 11 is 0. The van der Waals surface area contributed by atoms with Gasteiger partial charge in [-0.2, -0.15) is 0 Å². The van der Waals surface area contributed by atoms with E-state index in [1.807, 2.05) is 0 Å². The number of nitrogens with zero attached hydrogens (tertiary/aromatic N) is 3. The molecule has 0 aliphatic carbocycles. The fraction of sp³-hybridized carbons (Fsp3) is 0.600. The lowest BCUT2D eigenvalue weighted by Gasteiger charge is -2.30. The van der Waals surface area contributed by atoms with E-state index in [2.05, 4.69) is 14.9 Å². The summed E-state index contributed by atoms with van der Waals surface area (Å²) in [5.41, 5.74) is 10.7. The highest BCUT2D eigenvalue weighted by Gasteiger charge is 2.27. The van der Waals surface area contributed by atoms with Gasteiger partial charge in [-0.3, -0.25) is 9.59 Å². The molecule has 2 amide bonds. The zero-order chi connectivity index (χ0) is 13.1. The lowest BCUT2D eigenvalue weighted by atomic mass is 9.93. The van der Waals surface area contributed by atoms with Crippen molar-refractivity contribution in [3.63, 3.8) is 0 Å². The molecule has 0 bridgehead atoms. The van der Waals surface area contributed by atoms with E-state index < -0.39 is 0 Å². The van der Waals surface area contributed by atoms with Gasteiger partial charge >= 0.3 is 0 Å². The number of carbonyl (C=O) groups excluding carboxylic acids is 2. The lowest BCUT2D eigenvalue weighted by molar-refractivity contribution is -0.119. The first-order valence-corrected chi connectivity index (χ1v) is 5.73. The third-order valence-electron chi connectivity index (χ3n) is 3.11. The number of hydrogen-bond donors (Lipinski definition) is 2. The van der Waals surface area contributed by atoms with Gasteiger partial charge in [0, 0.05) is 19.5 Å². The minimum absolute atomic E-state index is 0.000686. The summed E-state index contributed by atoms with van der Waals surface area (Å²) in [5, 5.41) is 6.85. The van der Waals surface area contributed by atoms with E-state index in [1.54, 1.807) is 4.90 Å². The Morgan fingerprint density at radius 1 is 1.33 bits per heavy atom. The second kappa shape index (κ2) is 5.03. The van der Waals surface area contributed by atoms with Crippen molar-refractivity contribution in [3.8, 4) is 0 Å². The third-order valence-corrected chi connectivity index (χ3v) is 3.11. The van der Waals surface area contributed by atoms with Gasteiger partial charge < -0.3 is 16.4 Å². The zero-order valence-electron chi connectivity index (χ0n) is 9.83. The molecular formula is C10H15N5O3. The molecule has 1 aliphatic heterocycles. The molecule has 0 saturated carbocycles. The third kappa shape index (κ3) is 2.58. The first-order valence-electron chi connectivity index (χ1n) is 5.73. The summed E-state index contributed by atoms with van der Waals surface area (Å²) in [5.74, 6) is -0.338. The minimum Gasteiger partial charge on any atom is -0.379 e. The van der Waals surface area contributed by atoms with Gasteiger partial charge in [-0.1, -0.05) is 0 Å². The second-order valence-electron chi connectivity index (χ2n) is 4.40. The highest BCUT2D eigenvalue weighted by Crippen LogP contribution is 2.22. The molecule has 98 valence electrons. The molecule has 0 atom stereocenters. The van der Waals surface area contributed by atoms with E-state index in [0.29, 0.717) is 19.5 Å². The van der Waals surface area contributed by atoms with Crippen LogP contribution in [0.2, 0.25) is 0 Å². The first kappa shape index (κ1) is 12.3. The molecule has 18 heavy (non-hydrogen) atoms. The lowest BCUT2D eigenvalue weighted by Crippen LogP contribution is -2.39.